The van der Waals surface area contributed by atoms with Gasteiger partial charge in [-0.05, 0) is 57.1 Å². The second-order valence-corrected chi connectivity index (χ2v) is 8.49. The molecule has 1 aliphatic heterocycles. The topological polar surface area (TPSA) is 107 Å². The highest BCUT2D eigenvalue weighted by molar-refractivity contribution is 5.98. The Balaban J connectivity index is 0.000000406. The predicted molar refractivity (Wildman–Crippen MR) is 118 cm³/mol. The molecule has 0 atom stereocenters. The number of nitrogens with zero attached hydrogens (tertiary/aromatic N) is 5. The number of carbonyl (C=O) groups is 2. The number of nitrogens with one attached hydrogen (secondary N) is 1. The average Bonchev–Trinajstić information content (AvgIpc) is 3.41. The molecule has 1 amide bonds. The number of likely N-dealkylation sites (tertiary alicyclic amines) is 1. The molecule has 1 aromatic carbocycles. The summed E-state index contributed by atoms with van der Waals surface area (Å²) in [5.74, 6) is -2.09. The number of benzene rings is 1. The van der Waals surface area contributed by atoms with E-state index in [1.165, 1.54) is 0 Å². The monoisotopic (exact) mass is 480 g/mol. The quantitative estimate of drug-likeness (QED) is 0.582. The summed E-state index contributed by atoms with van der Waals surface area (Å²) in [5, 5.41) is 16.7. The minimum atomic E-state index is -5.08. The normalized spacial score (nSPS) is 14.8. The average molecular weight is 480 g/mol. The number of amides is 1. The van der Waals surface area contributed by atoms with Crippen LogP contribution in [0.1, 0.15) is 28.9 Å². The van der Waals surface area contributed by atoms with E-state index >= 15 is 0 Å². The van der Waals surface area contributed by atoms with E-state index in [1.807, 2.05) is 60.3 Å². The Morgan fingerprint density at radius 3 is 2.50 bits per heavy atom. The zero-order chi connectivity index (χ0) is 24.9. The van der Waals surface area contributed by atoms with Crippen molar-refractivity contribution >= 4 is 22.8 Å². The fraction of sp³-hybridized carbons (Fsp3) is 0.455. The first-order valence-corrected chi connectivity index (χ1v) is 10.7. The van der Waals surface area contributed by atoms with E-state index in [1.54, 1.807) is 0 Å². The Morgan fingerprint density at radius 2 is 1.88 bits per heavy atom. The first kappa shape index (κ1) is 25.2. The Morgan fingerprint density at radius 1 is 1.21 bits per heavy atom. The summed E-state index contributed by atoms with van der Waals surface area (Å²) in [6.07, 6.45) is 0.851. The number of carboxylic acid groups (broad SMARTS) is 1. The van der Waals surface area contributed by atoms with Crippen molar-refractivity contribution in [3.63, 3.8) is 0 Å². The molecule has 1 aliphatic rings. The van der Waals surface area contributed by atoms with Crippen LogP contribution < -0.4 is 0 Å². The van der Waals surface area contributed by atoms with Crippen LogP contribution in [-0.4, -0.2) is 80.1 Å². The van der Waals surface area contributed by atoms with E-state index in [-0.39, 0.29) is 5.91 Å². The molecular formula is C22H27F3N6O3. The van der Waals surface area contributed by atoms with Crippen LogP contribution in [0.2, 0.25) is 0 Å². The summed E-state index contributed by atoms with van der Waals surface area (Å²) in [5.41, 5.74) is 2.82. The number of carboxylic acids is 1. The number of hydrogen-bond acceptors (Lipinski definition) is 5. The van der Waals surface area contributed by atoms with Gasteiger partial charge in [-0.3, -0.25) is 9.48 Å². The van der Waals surface area contributed by atoms with Gasteiger partial charge in [0.15, 0.2) is 0 Å². The van der Waals surface area contributed by atoms with Crippen LogP contribution in [0.25, 0.3) is 10.9 Å². The van der Waals surface area contributed by atoms with Gasteiger partial charge >= 0.3 is 12.1 Å². The number of piperidine rings is 1. The first-order valence-electron chi connectivity index (χ1n) is 10.7. The minimum Gasteiger partial charge on any atom is -0.475 e. The molecule has 1 saturated heterocycles. The molecule has 3 heterocycles. The van der Waals surface area contributed by atoms with E-state index in [2.05, 4.69) is 20.2 Å². The Labute approximate surface area is 194 Å². The number of H-pyrrole nitrogens is 1. The van der Waals surface area contributed by atoms with Crippen LogP contribution in [0.5, 0.6) is 0 Å². The maximum atomic E-state index is 12.8. The molecule has 2 N–H and O–H groups in total. The third kappa shape index (κ3) is 6.80. The minimum absolute atomic E-state index is 0.130. The maximum absolute atomic E-state index is 12.8. The molecule has 0 unspecified atom stereocenters. The highest BCUT2D eigenvalue weighted by atomic mass is 19.4. The van der Waals surface area contributed by atoms with Crippen molar-refractivity contribution in [3.05, 3.63) is 47.9 Å². The van der Waals surface area contributed by atoms with Crippen molar-refractivity contribution in [1.29, 1.82) is 0 Å². The number of fused-ring (bicyclic) bond motifs is 1. The Hall–Kier alpha value is -3.41. The number of aromatic amines is 1. The van der Waals surface area contributed by atoms with E-state index in [4.69, 9.17) is 9.90 Å². The lowest BCUT2D eigenvalue weighted by molar-refractivity contribution is -0.192. The van der Waals surface area contributed by atoms with Gasteiger partial charge in [0.05, 0.1) is 5.69 Å². The maximum Gasteiger partial charge on any atom is 0.490 e. The number of rotatable bonds is 5. The fourth-order valence-electron chi connectivity index (χ4n) is 3.78. The second kappa shape index (κ2) is 10.7. The third-order valence-electron chi connectivity index (χ3n) is 5.45. The predicted octanol–water partition coefficient (Wildman–Crippen LogP) is 3.01. The molecule has 3 aromatic rings. The number of aliphatic carboxylic acids is 1. The number of aromatic nitrogens is 4. The second-order valence-electron chi connectivity index (χ2n) is 8.49. The largest absolute Gasteiger partial charge is 0.490 e. The summed E-state index contributed by atoms with van der Waals surface area (Å²) >= 11 is 0. The van der Waals surface area contributed by atoms with Gasteiger partial charge in [-0.1, -0.05) is 5.21 Å². The smallest absolute Gasteiger partial charge is 0.475 e. The van der Waals surface area contributed by atoms with Crippen LogP contribution in [0.3, 0.4) is 0 Å². The van der Waals surface area contributed by atoms with Crippen molar-refractivity contribution in [3.8, 4) is 0 Å². The van der Waals surface area contributed by atoms with Gasteiger partial charge in [0.2, 0.25) is 0 Å². The lowest BCUT2D eigenvalue weighted by atomic mass is 9.96. The molecule has 0 bridgehead atoms. The highest BCUT2D eigenvalue weighted by Crippen LogP contribution is 2.22. The lowest BCUT2D eigenvalue weighted by Crippen LogP contribution is -2.39. The molecule has 34 heavy (non-hydrogen) atoms. The number of hydrogen-bond donors (Lipinski definition) is 2. The number of halogens is 3. The summed E-state index contributed by atoms with van der Waals surface area (Å²) in [6.45, 7) is 3.28. The first-order chi connectivity index (χ1) is 16.0. The molecule has 0 radical (unpaired) electrons. The van der Waals surface area contributed by atoms with Crippen LogP contribution in [-0.2, 0) is 17.9 Å². The Bertz CT molecular complexity index is 1120. The standard InChI is InChI=1S/C20H26N6O.C2HF3O2/c1-24(2)13-18-14-26(23-22-18)12-15-6-9-25(10-7-15)20(27)17-3-4-19-16(11-17)5-8-21-19;3-2(4,5)1(6)7/h3-5,8,11,14-15,21H,6-7,9-10,12-13H2,1-2H3;(H,6,7). The molecule has 0 saturated carbocycles. The fourth-order valence-corrected chi connectivity index (χ4v) is 3.78. The third-order valence-corrected chi connectivity index (χ3v) is 5.45. The number of alkyl halides is 3. The molecule has 4 rings (SSSR count). The summed E-state index contributed by atoms with van der Waals surface area (Å²) in [6, 6.07) is 7.86. The van der Waals surface area contributed by atoms with Crippen molar-refractivity contribution < 1.29 is 27.9 Å². The van der Waals surface area contributed by atoms with Gasteiger partial charge in [0.1, 0.15) is 0 Å². The molecule has 2 aromatic heterocycles. The van der Waals surface area contributed by atoms with E-state index in [0.717, 1.165) is 61.2 Å². The van der Waals surface area contributed by atoms with Gasteiger partial charge < -0.3 is 19.9 Å². The van der Waals surface area contributed by atoms with Crippen LogP contribution >= 0.6 is 0 Å². The zero-order valence-corrected chi connectivity index (χ0v) is 18.9. The molecule has 1 fully saturated rings. The van der Waals surface area contributed by atoms with Crippen molar-refractivity contribution in [2.24, 2.45) is 5.92 Å². The zero-order valence-electron chi connectivity index (χ0n) is 18.9. The summed E-state index contributed by atoms with van der Waals surface area (Å²) in [4.78, 5) is 28.9. The van der Waals surface area contributed by atoms with Gasteiger partial charge in [-0.25, -0.2) is 4.79 Å². The molecule has 12 heteroatoms. The summed E-state index contributed by atoms with van der Waals surface area (Å²) < 4.78 is 33.7. The summed E-state index contributed by atoms with van der Waals surface area (Å²) in [7, 11) is 4.05. The SMILES string of the molecule is CN(C)Cc1cn(CC2CCN(C(=O)c3ccc4[nH]ccc4c3)CC2)nn1.O=C(O)C(F)(F)F. The van der Waals surface area contributed by atoms with Gasteiger partial charge in [0, 0.05) is 55.0 Å². The highest BCUT2D eigenvalue weighted by Gasteiger charge is 2.38. The molecule has 9 nitrogen and oxygen atoms in total. The van der Waals surface area contributed by atoms with Gasteiger partial charge in [-0.2, -0.15) is 13.2 Å². The van der Waals surface area contributed by atoms with E-state index in [9.17, 15) is 18.0 Å². The lowest BCUT2D eigenvalue weighted by Gasteiger charge is -2.32. The molecule has 0 aliphatic carbocycles. The van der Waals surface area contributed by atoms with E-state index < -0.39 is 12.1 Å². The molecule has 0 spiro atoms. The van der Waals surface area contributed by atoms with Crippen LogP contribution in [0.15, 0.2) is 36.7 Å². The Kier molecular flexibility index (Phi) is 7.92. The van der Waals surface area contributed by atoms with Crippen molar-refractivity contribution in [2.45, 2.75) is 32.1 Å². The number of carbonyl (C=O) groups excluding carboxylic acids is 1. The van der Waals surface area contributed by atoms with Crippen molar-refractivity contribution in [2.75, 3.05) is 27.2 Å². The van der Waals surface area contributed by atoms with Crippen molar-refractivity contribution in [1.82, 2.24) is 29.8 Å². The molecule has 184 valence electrons. The van der Waals surface area contributed by atoms with Gasteiger partial charge in [-0.15, -0.1) is 5.10 Å². The van der Waals surface area contributed by atoms with Crippen LogP contribution in [0.4, 0.5) is 13.2 Å². The van der Waals surface area contributed by atoms with E-state index in [0.29, 0.717) is 5.92 Å². The van der Waals surface area contributed by atoms with Gasteiger partial charge in [0.25, 0.3) is 5.91 Å². The van der Waals surface area contributed by atoms with Crippen LogP contribution in [0, 0.1) is 5.92 Å². The molecular weight excluding hydrogens is 453 g/mol.